The number of rotatable bonds is 4. The van der Waals surface area contributed by atoms with Crippen molar-refractivity contribution < 1.29 is 4.79 Å². The van der Waals surface area contributed by atoms with E-state index in [9.17, 15) is 4.79 Å². The highest BCUT2D eigenvalue weighted by molar-refractivity contribution is 7.99. The number of hydrogen-bond donors (Lipinski definition) is 0. The Labute approximate surface area is 148 Å². The van der Waals surface area contributed by atoms with Gasteiger partial charge in [-0.3, -0.25) is 9.36 Å². The van der Waals surface area contributed by atoms with Gasteiger partial charge in [0.25, 0.3) is 0 Å². The molecular formula is C19H25N3OS. The van der Waals surface area contributed by atoms with Crippen LogP contribution in [0.3, 0.4) is 0 Å². The molecule has 1 aromatic carbocycles. The quantitative estimate of drug-likeness (QED) is 0.792. The molecule has 1 saturated heterocycles. The molecular weight excluding hydrogens is 318 g/mol. The van der Waals surface area contributed by atoms with E-state index in [0.29, 0.717) is 5.75 Å². The maximum Gasteiger partial charge on any atom is 0.233 e. The van der Waals surface area contributed by atoms with E-state index in [0.717, 1.165) is 54.1 Å². The highest BCUT2D eigenvalue weighted by atomic mass is 32.2. The van der Waals surface area contributed by atoms with Gasteiger partial charge in [0.05, 0.1) is 11.4 Å². The number of imidazole rings is 1. The van der Waals surface area contributed by atoms with E-state index in [1.54, 1.807) is 11.8 Å². The van der Waals surface area contributed by atoms with Gasteiger partial charge in [-0.1, -0.05) is 36.9 Å². The molecule has 0 bridgehead atoms. The van der Waals surface area contributed by atoms with Gasteiger partial charge in [0.1, 0.15) is 0 Å². The van der Waals surface area contributed by atoms with Crippen molar-refractivity contribution >= 4 is 17.7 Å². The van der Waals surface area contributed by atoms with Crippen LogP contribution in [-0.4, -0.2) is 39.2 Å². The van der Waals surface area contributed by atoms with Crippen molar-refractivity contribution in [1.29, 1.82) is 0 Å². The molecule has 0 spiro atoms. The van der Waals surface area contributed by atoms with Gasteiger partial charge < -0.3 is 4.90 Å². The average molecular weight is 343 g/mol. The Kier molecular flexibility index (Phi) is 5.29. The summed E-state index contributed by atoms with van der Waals surface area (Å²) in [6, 6.07) is 10.2. The summed E-state index contributed by atoms with van der Waals surface area (Å²) >= 11 is 1.54. The molecule has 1 fully saturated rings. The van der Waals surface area contributed by atoms with Crippen LogP contribution in [0.5, 0.6) is 0 Å². The van der Waals surface area contributed by atoms with Gasteiger partial charge in [-0.2, -0.15) is 0 Å². The van der Waals surface area contributed by atoms with Crippen molar-refractivity contribution in [3.8, 4) is 5.69 Å². The lowest BCUT2D eigenvalue weighted by molar-refractivity contribution is -0.129. The molecule has 0 radical (unpaired) electrons. The second kappa shape index (κ2) is 7.43. The van der Waals surface area contributed by atoms with Crippen LogP contribution < -0.4 is 0 Å². The number of thioether (sulfide) groups is 1. The predicted octanol–water partition coefficient (Wildman–Crippen LogP) is 3.84. The fourth-order valence-electron chi connectivity index (χ4n) is 3.03. The maximum absolute atomic E-state index is 12.5. The Balaban J connectivity index is 1.72. The van der Waals surface area contributed by atoms with Gasteiger partial charge in [0, 0.05) is 24.5 Å². The number of piperidine rings is 1. The van der Waals surface area contributed by atoms with Gasteiger partial charge in [-0.05, 0) is 44.7 Å². The lowest BCUT2D eigenvalue weighted by Crippen LogP contribution is -2.38. The van der Waals surface area contributed by atoms with Crippen molar-refractivity contribution in [1.82, 2.24) is 14.5 Å². The molecule has 2 heterocycles. The first kappa shape index (κ1) is 17.1. The second-order valence-corrected chi connectivity index (χ2v) is 7.53. The van der Waals surface area contributed by atoms with Crippen molar-refractivity contribution in [2.75, 3.05) is 18.8 Å². The zero-order valence-electron chi connectivity index (χ0n) is 14.7. The normalized spacial score (nSPS) is 15.7. The minimum atomic E-state index is 0.227. The van der Waals surface area contributed by atoms with Crippen molar-refractivity contribution in [3.05, 3.63) is 41.7 Å². The first-order valence-corrected chi connectivity index (χ1v) is 9.56. The summed E-state index contributed by atoms with van der Waals surface area (Å²) in [4.78, 5) is 19.2. The summed E-state index contributed by atoms with van der Waals surface area (Å²) in [5.41, 5.74) is 3.24. The van der Waals surface area contributed by atoms with Crippen molar-refractivity contribution in [2.45, 2.75) is 38.8 Å². The lowest BCUT2D eigenvalue weighted by atomic mass is 9.99. The van der Waals surface area contributed by atoms with Gasteiger partial charge >= 0.3 is 0 Å². The van der Waals surface area contributed by atoms with Crippen molar-refractivity contribution in [2.24, 2.45) is 5.92 Å². The van der Waals surface area contributed by atoms with Crippen LogP contribution in [0.15, 0.2) is 35.5 Å². The van der Waals surface area contributed by atoms with E-state index >= 15 is 0 Å². The molecule has 1 aliphatic rings. The second-order valence-electron chi connectivity index (χ2n) is 6.59. The Morgan fingerprint density at radius 3 is 2.54 bits per heavy atom. The minimum absolute atomic E-state index is 0.227. The standard InChI is InChI=1S/C19H25N3OS/c1-14-9-11-21(12-10-14)18(23)13-24-19-20-15(2)16(3)22(19)17-7-5-4-6-8-17/h4-8,14H,9-13H2,1-3H3. The van der Waals surface area contributed by atoms with E-state index in [4.69, 9.17) is 0 Å². The highest BCUT2D eigenvalue weighted by Gasteiger charge is 2.21. The fraction of sp³-hybridized carbons (Fsp3) is 0.474. The molecule has 0 N–H and O–H groups in total. The molecule has 1 amide bonds. The van der Waals surface area contributed by atoms with E-state index < -0.39 is 0 Å². The molecule has 24 heavy (non-hydrogen) atoms. The van der Waals surface area contributed by atoms with E-state index in [-0.39, 0.29) is 5.91 Å². The first-order valence-electron chi connectivity index (χ1n) is 8.58. The average Bonchev–Trinajstić information content (AvgIpc) is 2.88. The van der Waals surface area contributed by atoms with Crippen LogP contribution in [0, 0.1) is 19.8 Å². The molecule has 1 aromatic heterocycles. The number of likely N-dealkylation sites (tertiary alicyclic amines) is 1. The number of hydrogen-bond acceptors (Lipinski definition) is 3. The van der Waals surface area contributed by atoms with Crippen LogP contribution >= 0.6 is 11.8 Å². The molecule has 3 rings (SSSR count). The van der Waals surface area contributed by atoms with Crippen LogP contribution in [-0.2, 0) is 4.79 Å². The summed E-state index contributed by atoms with van der Waals surface area (Å²) in [5, 5.41) is 0.898. The van der Waals surface area contributed by atoms with E-state index in [2.05, 4.69) is 35.5 Å². The van der Waals surface area contributed by atoms with E-state index in [1.165, 1.54) is 0 Å². The van der Waals surface area contributed by atoms with Gasteiger partial charge in [0.15, 0.2) is 5.16 Å². The molecule has 0 saturated carbocycles. The summed E-state index contributed by atoms with van der Waals surface area (Å²) in [6.07, 6.45) is 2.24. The number of para-hydroxylation sites is 1. The number of carbonyl (C=O) groups excluding carboxylic acids is 1. The molecule has 0 atom stereocenters. The van der Waals surface area contributed by atoms with Crippen LogP contribution in [0.2, 0.25) is 0 Å². The van der Waals surface area contributed by atoms with Gasteiger partial charge in [0.2, 0.25) is 5.91 Å². The fourth-order valence-corrected chi connectivity index (χ4v) is 4.04. The summed E-state index contributed by atoms with van der Waals surface area (Å²) in [7, 11) is 0. The topological polar surface area (TPSA) is 38.1 Å². The Hall–Kier alpha value is -1.75. The molecule has 0 aliphatic carbocycles. The predicted molar refractivity (Wildman–Crippen MR) is 98.7 cm³/mol. The van der Waals surface area contributed by atoms with Gasteiger partial charge in [-0.25, -0.2) is 4.98 Å². The molecule has 0 unspecified atom stereocenters. The largest absolute Gasteiger partial charge is 0.342 e. The Morgan fingerprint density at radius 2 is 1.88 bits per heavy atom. The molecule has 5 heteroatoms. The number of aromatic nitrogens is 2. The summed E-state index contributed by atoms with van der Waals surface area (Å²) in [6.45, 7) is 8.15. The number of benzene rings is 1. The monoisotopic (exact) mass is 343 g/mol. The third-order valence-electron chi connectivity index (χ3n) is 4.79. The number of amides is 1. The highest BCUT2D eigenvalue weighted by Crippen LogP contribution is 2.26. The number of aryl methyl sites for hydroxylation is 1. The SMILES string of the molecule is Cc1nc(SCC(=O)N2CCC(C)CC2)n(-c2ccccc2)c1C. The third kappa shape index (κ3) is 3.66. The zero-order chi connectivity index (χ0) is 17.1. The smallest absolute Gasteiger partial charge is 0.233 e. The Bertz CT molecular complexity index is 703. The Morgan fingerprint density at radius 1 is 1.21 bits per heavy atom. The van der Waals surface area contributed by atoms with E-state index in [1.807, 2.05) is 30.0 Å². The van der Waals surface area contributed by atoms with Gasteiger partial charge in [-0.15, -0.1) is 0 Å². The molecule has 4 nitrogen and oxygen atoms in total. The molecule has 1 aliphatic heterocycles. The summed E-state index contributed by atoms with van der Waals surface area (Å²) in [5.74, 6) is 1.42. The van der Waals surface area contributed by atoms with Crippen LogP contribution in [0.25, 0.3) is 5.69 Å². The molecule has 2 aromatic rings. The van der Waals surface area contributed by atoms with Crippen molar-refractivity contribution in [3.63, 3.8) is 0 Å². The van der Waals surface area contributed by atoms with Crippen LogP contribution in [0.1, 0.15) is 31.2 Å². The van der Waals surface area contributed by atoms with Crippen LogP contribution in [0.4, 0.5) is 0 Å². The first-order chi connectivity index (χ1) is 11.6. The minimum Gasteiger partial charge on any atom is -0.342 e. The molecule has 128 valence electrons. The number of nitrogens with zero attached hydrogens (tertiary/aromatic N) is 3. The maximum atomic E-state index is 12.5. The lowest BCUT2D eigenvalue weighted by Gasteiger charge is -2.30. The third-order valence-corrected chi connectivity index (χ3v) is 5.71. The zero-order valence-corrected chi connectivity index (χ0v) is 15.5. The number of carbonyl (C=O) groups is 1. The summed E-state index contributed by atoms with van der Waals surface area (Å²) < 4.78 is 2.14.